The Morgan fingerprint density at radius 1 is 1.16 bits per heavy atom. The van der Waals surface area contributed by atoms with Crippen molar-refractivity contribution in [1.82, 2.24) is 4.90 Å². The van der Waals surface area contributed by atoms with Gasteiger partial charge in [-0.3, -0.25) is 9.59 Å². The van der Waals surface area contributed by atoms with E-state index < -0.39 is 9.84 Å². The third-order valence-electron chi connectivity index (χ3n) is 4.83. The number of aryl methyl sites for hydroxylation is 2. The molecule has 0 aliphatic carbocycles. The second kappa shape index (κ2) is 8.13. The van der Waals surface area contributed by atoms with Crippen LogP contribution in [0, 0.1) is 13.8 Å². The normalized spacial score (nSPS) is 18.9. The molecular formula is C19H27NO4S. The van der Waals surface area contributed by atoms with Crippen molar-refractivity contribution in [3.05, 3.63) is 34.9 Å². The molecule has 138 valence electrons. The van der Waals surface area contributed by atoms with Gasteiger partial charge in [-0.1, -0.05) is 19.1 Å². The van der Waals surface area contributed by atoms with Gasteiger partial charge in [0, 0.05) is 31.0 Å². The van der Waals surface area contributed by atoms with E-state index in [1.165, 1.54) is 0 Å². The molecule has 1 saturated heterocycles. The van der Waals surface area contributed by atoms with Crippen LogP contribution < -0.4 is 0 Å². The number of ketones is 1. The monoisotopic (exact) mass is 365 g/mol. The summed E-state index contributed by atoms with van der Waals surface area (Å²) in [5.74, 6) is 0.0180. The first-order chi connectivity index (χ1) is 11.7. The summed E-state index contributed by atoms with van der Waals surface area (Å²) in [6.45, 7) is 6.45. The van der Waals surface area contributed by atoms with Crippen molar-refractivity contribution in [2.75, 3.05) is 18.1 Å². The quantitative estimate of drug-likeness (QED) is 0.697. The fraction of sp³-hybridized carbons (Fsp3) is 0.579. The van der Waals surface area contributed by atoms with Gasteiger partial charge in [0.05, 0.1) is 11.5 Å². The van der Waals surface area contributed by atoms with Gasteiger partial charge >= 0.3 is 0 Å². The van der Waals surface area contributed by atoms with Gasteiger partial charge in [-0.25, -0.2) is 8.42 Å². The Labute approximate surface area is 150 Å². The Kier molecular flexibility index (Phi) is 6.38. The molecule has 5 nitrogen and oxygen atoms in total. The van der Waals surface area contributed by atoms with E-state index in [2.05, 4.69) is 0 Å². The van der Waals surface area contributed by atoms with Gasteiger partial charge in [0.1, 0.15) is 0 Å². The van der Waals surface area contributed by atoms with Crippen molar-refractivity contribution in [2.45, 2.75) is 52.5 Å². The van der Waals surface area contributed by atoms with Crippen LogP contribution >= 0.6 is 0 Å². The van der Waals surface area contributed by atoms with Gasteiger partial charge < -0.3 is 4.90 Å². The molecule has 1 aromatic rings. The molecule has 6 heteroatoms. The van der Waals surface area contributed by atoms with Crippen molar-refractivity contribution in [2.24, 2.45) is 0 Å². The van der Waals surface area contributed by atoms with Gasteiger partial charge in [-0.05, 0) is 43.9 Å². The zero-order valence-corrected chi connectivity index (χ0v) is 16.1. The predicted octanol–water partition coefficient (Wildman–Crippen LogP) is 2.69. The summed E-state index contributed by atoms with van der Waals surface area (Å²) in [5, 5.41) is 0. The van der Waals surface area contributed by atoms with E-state index in [1.807, 2.05) is 32.9 Å². The number of nitrogens with zero attached hydrogens (tertiary/aromatic N) is 1. The second-order valence-electron chi connectivity index (χ2n) is 6.87. The number of hydrogen-bond donors (Lipinski definition) is 0. The lowest BCUT2D eigenvalue weighted by atomic mass is 10.0. The maximum absolute atomic E-state index is 12.6. The fourth-order valence-corrected chi connectivity index (χ4v) is 4.93. The van der Waals surface area contributed by atoms with Crippen LogP contribution in [-0.4, -0.2) is 49.1 Å². The van der Waals surface area contributed by atoms with Crippen molar-refractivity contribution in [1.29, 1.82) is 0 Å². The predicted molar refractivity (Wildman–Crippen MR) is 98.5 cm³/mol. The lowest BCUT2D eigenvalue weighted by Crippen LogP contribution is -2.41. The van der Waals surface area contributed by atoms with Gasteiger partial charge in [-0.2, -0.15) is 0 Å². The third-order valence-corrected chi connectivity index (χ3v) is 6.58. The molecule has 25 heavy (non-hydrogen) atoms. The van der Waals surface area contributed by atoms with Crippen molar-refractivity contribution in [3.8, 4) is 0 Å². The Morgan fingerprint density at radius 3 is 2.44 bits per heavy atom. The third kappa shape index (κ3) is 5.14. The molecule has 1 heterocycles. The highest BCUT2D eigenvalue weighted by atomic mass is 32.2. The molecule has 0 radical (unpaired) electrons. The molecule has 1 unspecified atom stereocenters. The summed E-state index contributed by atoms with van der Waals surface area (Å²) in [6, 6.07) is 5.32. The first kappa shape index (κ1) is 19.6. The minimum atomic E-state index is -3.04. The molecule has 1 atom stereocenters. The maximum Gasteiger partial charge on any atom is 0.223 e. The van der Waals surface area contributed by atoms with Crippen LogP contribution in [0.2, 0.25) is 0 Å². The molecule has 0 aromatic heterocycles. The lowest BCUT2D eigenvalue weighted by Gasteiger charge is -2.28. The number of carbonyl (C=O) groups is 2. The van der Waals surface area contributed by atoms with E-state index >= 15 is 0 Å². The van der Waals surface area contributed by atoms with Crippen LogP contribution in [-0.2, 0) is 14.6 Å². The van der Waals surface area contributed by atoms with E-state index in [1.54, 1.807) is 11.0 Å². The molecule has 0 spiro atoms. The summed E-state index contributed by atoms with van der Waals surface area (Å²) in [7, 11) is -3.04. The smallest absolute Gasteiger partial charge is 0.223 e. The van der Waals surface area contributed by atoms with Crippen molar-refractivity contribution >= 4 is 21.5 Å². The first-order valence-corrected chi connectivity index (χ1v) is 10.7. The minimum Gasteiger partial charge on any atom is -0.339 e. The molecule has 0 bridgehead atoms. The number of rotatable bonds is 7. The van der Waals surface area contributed by atoms with Gasteiger partial charge in [0.2, 0.25) is 5.91 Å². The van der Waals surface area contributed by atoms with Crippen LogP contribution in [0.25, 0.3) is 0 Å². The summed E-state index contributed by atoms with van der Waals surface area (Å²) in [5.41, 5.74) is 2.81. The molecule has 2 rings (SSSR count). The number of Topliss-reactive ketones (excluding diaryl/α,β-unsaturated/α-hetero) is 1. The van der Waals surface area contributed by atoms with Gasteiger partial charge in [-0.15, -0.1) is 0 Å². The summed E-state index contributed by atoms with van der Waals surface area (Å²) in [4.78, 5) is 26.6. The molecule has 1 amide bonds. The first-order valence-electron chi connectivity index (χ1n) is 8.84. The zero-order valence-electron chi connectivity index (χ0n) is 15.2. The Balaban J connectivity index is 1.98. The van der Waals surface area contributed by atoms with Crippen LogP contribution in [0.4, 0.5) is 0 Å². The molecule has 1 aliphatic rings. The number of amides is 1. The Bertz CT molecular complexity index is 755. The molecule has 0 N–H and O–H groups in total. The maximum atomic E-state index is 12.6. The average Bonchev–Trinajstić information content (AvgIpc) is 2.92. The highest BCUT2D eigenvalue weighted by Gasteiger charge is 2.34. The molecule has 1 fully saturated rings. The topological polar surface area (TPSA) is 71.5 Å². The van der Waals surface area contributed by atoms with Gasteiger partial charge in [0.25, 0.3) is 0 Å². The van der Waals surface area contributed by atoms with E-state index in [-0.39, 0.29) is 42.1 Å². The highest BCUT2D eigenvalue weighted by Crippen LogP contribution is 2.20. The van der Waals surface area contributed by atoms with Crippen LogP contribution in [0.3, 0.4) is 0 Å². The summed E-state index contributed by atoms with van der Waals surface area (Å²) in [6.07, 6.45) is 1.55. The van der Waals surface area contributed by atoms with Crippen LogP contribution in [0.1, 0.15) is 54.1 Å². The standard InChI is InChI=1S/C19H27NO4S/c1-4-10-20(17-9-11-25(23,24)13-17)19(22)8-7-18(21)16-6-5-14(2)15(3)12-16/h5-6,12,17H,4,7-11,13H2,1-3H3. The number of carbonyl (C=O) groups excluding carboxylic acids is 2. The van der Waals surface area contributed by atoms with Gasteiger partial charge in [0.15, 0.2) is 15.6 Å². The van der Waals surface area contributed by atoms with E-state index in [9.17, 15) is 18.0 Å². The van der Waals surface area contributed by atoms with E-state index in [0.29, 0.717) is 18.5 Å². The van der Waals surface area contributed by atoms with Crippen LogP contribution in [0.5, 0.6) is 0 Å². The van der Waals surface area contributed by atoms with Crippen molar-refractivity contribution in [3.63, 3.8) is 0 Å². The number of hydrogen-bond acceptors (Lipinski definition) is 4. The fourth-order valence-electron chi connectivity index (χ4n) is 3.20. The minimum absolute atomic E-state index is 0.0455. The SMILES string of the molecule is CCCN(C(=O)CCC(=O)c1ccc(C)c(C)c1)C1CCS(=O)(=O)C1. The number of benzene rings is 1. The Hall–Kier alpha value is -1.69. The summed E-state index contributed by atoms with van der Waals surface area (Å²) < 4.78 is 23.4. The van der Waals surface area contributed by atoms with E-state index in [4.69, 9.17) is 0 Å². The number of sulfone groups is 1. The zero-order chi connectivity index (χ0) is 18.6. The highest BCUT2D eigenvalue weighted by molar-refractivity contribution is 7.91. The molecule has 1 aliphatic heterocycles. The molecule has 1 aromatic carbocycles. The van der Waals surface area contributed by atoms with E-state index in [0.717, 1.165) is 17.5 Å². The Morgan fingerprint density at radius 2 is 1.88 bits per heavy atom. The molecule has 0 saturated carbocycles. The van der Waals surface area contributed by atoms with Crippen LogP contribution in [0.15, 0.2) is 18.2 Å². The largest absolute Gasteiger partial charge is 0.339 e. The molecular weight excluding hydrogens is 338 g/mol. The van der Waals surface area contributed by atoms with Crippen molar-refractivity contribution < 1.29 is 18.0 Å². The average molecular weight is 365 g/mol. The summed E-state index contributed by atoms with van der Waals surface area (Å²) >= 11 is 0. The lowest BCUT2D eigenvalue weighted by molar-refractivity contribution is -0.133. The second-order valence-corrected chi connectivity index (χ2v) is 9.09.